The van der Waals surface area contributed by atoms with E-state index in [9.17, 15) is 25.0 Å². The highest BCUT2D eigenvalue weighted by atomic mass is 16.6. The van der Waals surface area contributed by atoms with E-state index >= 15 is 0 Å². The fourth-order valence-corrected chi connectivity index (χ4v) is 1.79. The summed E-state index contributed by atoms with van der Waals surface area (Å²) in [7, 11) is 0. The molecule has 0 spiro atoms. The summed E-state index contributed by atoms with van der Waals surface area (Å²) < 4.78 is 1.36. The van der Waals surface area contributed by atoms with E-state index in [0.717, 1.165) is 6.20 Å². The number of rotatable bonds is 7. The largest absolute Gasteiger partial charge is 0.340 e. The molecular weight excluding hydrogens is 306 g/mol. The van der Waals surface area contributed by atoms with Crippen molar-refractivity contribution in [1.29, 1.82) is 0 Å². The van der Waals surface area contributed by atoms with Gasteiger partial charge in [0.2, 0.25) is 12.8 Å². The molecule has 0 aliphatic rings. The minimum Gasteiger partial charge on any atom is -0.340 e. The van der Waals surface area contributed by atoms with Crippen molar-refractivity contribution in [2.45, 2.75) is 6.54 Å². The maximum absolute atomic E-state index is 10.6. The molecule has 2 aromatic rings. The number of carbonyl (C=O) groups is 1. The molecular formula is C13H11N5O5. The number of carbonyl (C=O) groups excluding carboxylic acids is 1. The van der Waals surface area contributed by atoms with Crippen molar-refractivity contribution < 1.29 is 14.6 Å². The lowest BCUT2D eigenvalue weighted by Gasteiger charge is -2.06. The van der Waals surface area contributed by atoms with Gasteiger partial charge >= 0.3 is 5.70 Å². The second-order valence-corrected chi connectivity index (χ2v) is 4.35. The van der Waals surface area contributed by atoms with E-state index < -0.39 is 22.1 Å². The number of aldehydes is 1. The molecule has 1 aromatic carbocycles. The molecule has 0 unspecified atom stereocenters. The molecule has 0 bridgehead atoms. The van der Waals surface area contributed by atoms with Crippen LogP contribution in [0.5, 0.6) is 0 Å². The van der Waals surface area contributed by atoms with Gasteiger partial charge in [-0.3, -0.25) is 25.0 Å². The Morgan fingerprint density at radius 1 is 1.26 bits per heavy atom. The highest BCUT2D eigenvalue weighted by molar-refractivity contribution is 5.70. The Labute approximate surface area is 129 Å². The Morgan fingerprint density at radius 2 is 1.96 bits per heavy atom. The lowest BCUT2D eigenvalue weighted by atomic mass is 10.3. The lowest BCUT2D eigenvalue weighted by molar-refractivity contribution is -0.497. The summed E-state index contributed by atoms with van der Waals surface area (Å²) in [5, 5.41) is 27.9. The van der Waals surface area contributed by atoms with Crippen LogP contribution < -0.4 is 5.32 Å². The number of benzene rings is 1. The minimum absolute atomic E-state index is 0.0914. The first kappa shape index (κ1) is 15.8. The fourth-order valence-electron chi connectivity index (χ4n) is 1.79. The monoisotopic (exact) mass is 317 g/mol. The average Bonchev–Trinajstić information content (AvgIpc) is 2.90. The Kier molecular flexibility index (Phi) is 4.77. The number of allylic oxidation sites excluding steroid dienone is 1. The Morgan fingerprint density at radius 3 is 2.52 bits per heavy atom. The second-order valence-electron chi connectivity index (χ2n) is 4.35. The number of nitrogens with one attached hydrogen (secondary N) is 1. The molecule has 0 atom stereocenters. The molecule has 0 saturated carbocycles. The summed E-state index contributed by atoms with van der Waals surface area (Å²) in [6, 6.07) is 10.1. The van der Waals surface area contributed by atoms with Gasteiger partial charge in [0.05, 0.1) is 16.8 Å². The molecule has 1 N–H and O–H groups in total. The normalized spacial score (nSPS) is 11.0. The van der Waals surface area contributed by atoms with Crippen LogP contribution in [0.2, 0.25) is 0 Å². The van der Waals surface area contributed by atoms with Crippen LogP contribution in [-0.4, -0.2) is 25.9 Å². The first-order chi connectivity index (χ1) is 11.0. The molecule has 0 radical (unpaired) electrons. The Bertz CT molecular complexity index is 768. The van der Waals surface area contributed by atoms with Crippen LogP contribution in [0.15, 0.2) is 48.3 Å². The van der Waals surface area contributed by atoms with E-state index in [1.54, 1.807) is 30.3 Å². The number of anilines is 1. The van der Waals surface area contributed by atoms with Crippen LogP contribution in [0, 0.1) is 20.2 Å². The van der Waals surface area contributed by atoms with E-state index in [-0.39, 0.29) is 17.8 Å². The number of nitro groups is 2. The fraction of sp³-hybridized carbons (Fsp3) is 0.0769. The zero-order valence-corrected chi connectivity index (χ0v) is 11.7. The van der Waals surface area contributed by atoms with Gasteiger partial charge in [-0.05, 0) is 12.1 Å². The van der Waals surface area contributed by atoms with Gasteiger partial charge in [0.1, 0.15) is 11.5 Å². The maximum atomic E-state index is 10.6. The zero-order chi connectivity index (χ0) is 16.8. The second kappa shape index (κ2) is 6.93. The lowest BCUT2D eigenvalue weighted by Crippen LogP contribution is -2.06. The van der Waals surface area contributed by atoms with E-state index in [0.29, 0.717) is 5.69 Å². The summed E-state index contributed by atoms with van der Waals surface area (Å²) in [4.78, 5) is 30.5. The zero-order valence-electron chi connectivity index (χ0n) is 11.7. The quantitative estimate of drug-likeness (QED) is 0.353. The van der Waals surface area contributed by atoms with Crippen molar-refractivity contribution in [1.82, 2.24) is 9.78 Å². The topological polar surface area (TPSA) is 133 Å². The average molecular weight is 317 g/mol. The highest BCUT2D eigenvalue weighted by Gasteiger charge is 2.14. The van der Waals surface area contributed by atoms with Gasteiger partial charge < -0.3 is 5.32 Å². The highest BCUT2D eigenvalue weighted by Crippen LogP contribution is 2.18. The standard InChI is InChI=1S/C13H11N5O5/c19-9-12(18(22)23)7-14-13-6-10(8-16(20)21)15-17(13)11-4-2-1-3-5-11/h1-7,9,14H,8H2/b12-7-. The van der Waals surface area contributed by atoms with Crippen molar-refractivity contribution >= 4 is 12.1 Å². The van der Waals surface area contributed by atoms with Gasteiger partial charge in [-0.15, -0.1) is 0 Å². The first-order valence-electron chi connectivity index (χ1n) is 6.33. The predicted octanol–water partition coefficient (Wildman–Crippen LogP) is 1.38. The van der Waals surface area contributed by atoms with Crippen LogP contribution in [0.1, 0.15) is 5.69 Å². The predicted molar refractivity (Wildman–Crippen MR) is 79.0 cm³/mol. The summed E-state index contributed by atoms with van der Waals surface area (Å²) >= 11 is 0. The molecule has 0 saturated heterocycles. The first-order valence-corrected chi connectivity index (χ1v) is 6.33. The number of para-hydroxylation sites is 1. The number of nitrogens with zero attached hydrogens (tertiary/aromatic N) is 4. The molecule has 0 fully saturated rings. The van der Waals surface area contributed by atoms with E-state index in [4.69, 9.17) is 0 Å². The van der Waals surface area contributed by atoms with Gasteiger partial charge in [0.15, 0.2) is 0 Å². The Hall–Kier alpha value is -3.56. The van der Waals surface area contributed by atoms with Crippen LogP contribution in [-0.2, 0) is 11.3 Å². The molecule has 1 aromatic heterocycles. The molecule has 0 aliphatic carbocycles. The molecule has 118 valence electrons. The number of hydrogen-bond acceptors (Lipinski definition) is 7. The van der Waals surface area contributed by atoms with Gasteiger partial charge in [0, 0.05) is 11.0 Å². The molecule has 10 heteroatoms. The molecule has 0 amide bonds. The van der Waals surface area contributed by atoms with Crippen LogP contribution in [0.3, 0.4) is 0 Å². The van der Waals surface area contributed by atoms with Crippen LogP contribution in [0.25, 0.3) is 5.69 Å². The van der Waals surface area contributed by atoms with Crippen LogP contribution >= 0.6 is 0 Å². The molecule has 0 aliphatic heterocycles. The van der Waals surface area contributed by atoms with E-state index in [2.05, 4.69) is 10.4 Å². The van der Waals surface area contributed by atoms with Gasteiger partial charge in [-0.25, -0.2) is 4.68 Å². The number of aromatic nitrogens is 2. The third-order valence-electron chi connectivity index (χ3n) is 2.75. The van der Waals surface area contributed by atoms with Crippen molar-refractivity contribution in [2.75, 3.05) is 5.32 Å². The summed E-state index contributed by atoms with van der Waals surface area (Å²) in [6.07, 6.45) is 0.994. The SMILES string of the molecule is O=C/C(=C/Nc1cc(C[N+](=O)[O-])nn1-c1ccccc1)[N+](=O)[O-]. The summed E-state index contributed by atoms with van der Waals surface area (Å²) in [5.41, 5.74) is 0.0944. The van der Waals surface area contributed by atoms with E-state index in [1.165, 1.54) is 10.7 Å². The van der Waals surface area contributed by atoms with Gasteiger partial charge in [-0.2, -0.15) is 5.10 Å². The Balaban J connectivity index is 2.40. The van der Waals surface area contributed by atoms with Gasteiger partial charge in [0.25, 0.3) is 0 Å². The van der Waals surface area contributed by atoms with E-state index in [1.807, 2.05) is 0 Å². The summed E-state index contributed by atoms with van der Waals surface area (Å²) in [6.45, 7) is -0.492. The number of hydrogen-bond donors (Lipinski definition) is 1. The van der Waals surface area contributed by atoms with Crippen molar-refractivity contribution in [3.05, 3.63) is 74.2 Å². The third-order valence-corrected chi connectivity index (χ3v) is 2.75. The maximum Gasteiger partial charge on any atom is 0.324 e. The smallest absolute Gasteiger partial charge is 0.324 e. The third kappa shape index (κ3) is 3.97. The minimum atomic E-state index is -0.846. The van der Waals surface area contributed by atoms with Crippen molar-refractivity contribution in [3.8, 4) is 5.69 Å². The van der Waals surface area contributed by atoms with Crippen molar-refractivity contribution in [2.24, 2.45) is 0 Å². The molecule has 23 heavy (non-hydrogen) atoms. The van der Waals surface area contributed by atoms with Crippen molar-refractivity contribution in [3.63, 3.8) is 0 Å². The summed E-state index contributed by atoms with van der Waals surface area (Å²) in [5.74, 6) is 0.259. The van der Waals surface area contributed by atoms with Gasteiger partial charge in [-0.1, -0.05) is 18.2 Å². The molecule has 10 nitrogen and oxygen atoms in total. The molecule has 2 rings (SSSR count). The molecule has 1 heterocycles. The van der Waals surface area contributed by atoms with Crippen LogP contribution in [0.4, 0.5) is 5.82 Å².